The number of nitrogens with zero attached hydrogens (tertiary/aromatic N) is 1. The van der Waals surface area contributed by atoms with Gasteiger partial charge in [0.1, 0.15) is 5.69 Å². The Morgan fingerprint density at radius 3 is 2.22 bits per heavy atom. The SMILES string of the molecule is COC(=O)c1cccn1CCc1cc(OC)c(OC)c(OC)c1. The molecule has 23 heavy (non-hydrogen) atoms. The maximum absolute atomic E-state index is 11.7. The highest BCUT2D eigenvalue weighted by Gasteiger charge is 2.14. The number of aryl methyl sites for hydroxylation is 2. The summed E-state index contributed by atoms with van der Waals surface area (Å²) in [4.78, 5) is 11.7. The molecule has 6 nitrogen and oxygen atoms in total. The minimum atomic E-state index is -0.347. The van der Waals surface area contributed by atoms with Gasteiger partial charge in [0.05, 0.1) is 28.4 Å². The Labute approximate surface area is 135 Å². The molecule has 0 N–H and O–H groups in total. The van der Waals surface area contributed by atoms with Crippen LogP contribution in [0, 0.1) is 0 Å². The summed E-state index contributed by atoms with van der Waals surface area (Å²) in [7, 11) is 6.12. The first-order valence-electron chi connectivity index (χ1n) is 7.17. The zero-order valence-electron chi connectivity index (χ0n) is 13.8. The fourth-order valence-electron chi connectivity index (χ4n) is 2.43. The molecule has 0 aliphatic carbocycles. The summed E-state index contributed by atoms with van der Waals surface area (Å²) in [6.45, 7) is 0.635. The molecule has 0 atom stereocenters. The van der Waals surface area contributed by atoms with Crippen molar-refractivity contribution in [1.29, 1.82) is 0 Å². The van der Waals surface area contributed by atoms with Crippen LogP contribution in [0.25, 0.3) is 0 Å². The lowest BCUT2D eigenvalue weighted by atomic mass is 10.1. The number of ether oxygens (including phenoxy) is 4. The molecule has 0 bridgehead atoms. The Balaban J connectivity index is 2.21. The summed E-state index contributed by atoms with van der Waals surface area (Å²) < 4.78 is 22.6. The van der Waals surface area contributed by atoms with Crippen molar-refractivity contribution in [3.63, 3.8) is 0 Å². The average Bonchev–Trinajstić information content (AvgIpc) is 3.06. The number of benzene rings is 1. The van der Waals surface area contributed by atoms with Crippen LogP contribution >= 0.6 is 0 Å². The normalized spacial score (nSPS) is 10.3. The second kappa shape index (κ2) is 7.58. The lowest BCUT2D eigenvalue weighted by Gasteiger charge is -2.14. The van der Waals surface area contributed by atoms with Gasteiger partial charge in [0, 0.05) is 12.7 Å². The topological polar surface area (TPSA) is 58.9 Å². The van der Waals surface area contributed by atoms with E-state index in [1.54, 1.807) is 27.4 Å². The van der Waals surface area contributed by atoms with Gasteiger partial charge in [0.25, 0.3) is 0 Å². The van der Waals surface area contributed by atoms with E-state index in [0.717, 1.165) is 5.56 Å². The van der Waals surface area contributed by atoms with E-state index in [2.05, 4.69) is 0 Å². The fraction of sp³-hybridized carbons (Fsp3) is 0.353. The summed E-state index contributed by atoms with van der Waals surface area (Å²) in [6.07, 6.45) is 2.56. The maximum atomic E-state index is 11.7. The minimum absolute atomic E-state index is 0.347. The smallest absolute Gasteiger partial charge is 0.354 e. The van der Waals surface area contributed by atoms with Gasteiger partial charge in [-0.25, -0.2) is 4.79 Å². The maximum Gasteiger partial charge on any atom is 0.354 e. The summed E-state index contributed by atoms with van der Waals surface area (Å²) in [5.74, 6) is 1.44. The largest absolute Gasteiger partial charge is 0.493 e. The molecule has 1 aromatic heterocycles. The molecule has 0 amide bonds. The molecule has 2 aromatic rings. The zero-order valence-corrected chi connectivity index (χ0v) is 13.8. The Morgan fingerprint density at radius 2 is 1.70 bits per heavy atom. The predicted octanol–water partition coefficient (Wildman–Crippen LogP) is 2.54. The highest BCUT2D eigenvalue weighted by atomic mass is 16.5. The van der Waals surface area contributed by atoms with E-state index in [1.165, 1.54) is 7.11 Å². The second-order valence-electron chi connectivity index (χ2n) is 4.86. The minimum Gasteiger partial charge on any atom is -0.493 e. The molecular formula is C17H21NO5. The lowest BCUT2D eigenvalue weighted by Crippen LogP contribution is -2.11. The van der Waals surface area contributed by atoms with E-state index in [9.17, 15) is 4.79 Å². The number of rotatable bonds is 7. The molecule has 1 aromatic carbocycles. The Bertz CT molecular complexity index is 652. The van der Waals surface area contributed by atoms with Crippen LogP contribution in [0.2, 0.25) is 0 Å². The monoisotopic (exact) mass is 319 g/mol. The molecular weight excluding hydrogens is 298 g/mol. The van der Waals surface area contributed by atoms with Crippen LogP contribution in [0.5, 0.6) is 17.2 Å². The van der Waals surface area contributed by atoms with Gasteiger partial charge in [0.2, 0.25) is 5.75 Å². The standard InChI is InChI=1S/C17H21NO5/c1-20-14-10-12(11-15(21-2)16(14)22-3)7-9-18-8-5-6-13(18)17(19)23-4/h5-6,8,10-11H,7,9H2,1-4H3. The van der Waals surface area contributed by atoms with Gasteiger partial charge in [-0.05, 0) is 36.2 Å². The third-order valence-corrected chi connectivity index (χ3v) is 3.59. The molecule has 0 saturated carbocycles. The molecule has 0 aliphatic rings. The summed E-state index contributed by atoms with van der Waals surface area (Å²) in [6, 6.07) is 7.37. The highest BCUT2D eigenvalue weighted by Crippen LogP contribution is 2.38. The number of esters is 1. The number of carbonyl (C=O) groups is 1. The van der Waals surface area contributed by atoms with Crippen LogP contribution in [0.1, 0.15) is 16.1 Å². The van der Waals surface area contributed by atoms with Gasteiger partial charge in [-0.2, -0.15) is 0 Å². The van der Waals surface area contributed by atoms with Crippen molar-refractivity contribution in [2.24, 2.45) is 0 Å². The molecule has 6 heteroatoms. The van der Waals surface area contributed by atoms with Crippen molar-refractivity contribution in [3.8, 4) is 17.2 Å². The molecule has 2 rings (SSSR count). The van der Waals surface area contributed by atoms with Gasteiger partial charge in [-0.15, -0.1) is 0 Å². The third kappa shape index (κ3) is 3.59. The van der Waals surface area contributed by atoms with Crippen molar-refractivity contribution >= 4 is 5.97 Å². The first kappa shape index (κ1) is 16.7. The van der Waals surface area contributed by atoms with Crippen molar-refractivity contribution in [2.75, 3.05) is 28.4 Å². The summed E-state index contributed by atoms with van der Waals surface area (Å²) in [5, 5.41) is 0. The molecule has 0 spiro atoms. The van der Waals surface area contributed by atoms with Crippen LogP contribution in [0.3, 0.4) is 0 Å². The van der Waals surface area contributed by atoms with Crippen molar-refractivity contribution in [3.05, 3.63) is 41.7 Å². The number of hydrogen-bond acceptors (Lipinski definition) is 5. The van der Waals surface area contributed by atoms with Crippen LogP contribution in [-0.4, -0.2) is 39.0 Å². The summed E-state index contributed by atoms with van der Waals surface area (Å²) in [5.41, 5.74) is 1.55. The fourth-order valence-corrected chi connectivity index (χ4v) is 2.43. The van der Waals surface area contributed by atoms with Crippen LogP contribution in [-0.2, 0) is 17.7 Å². The van der Waals surface area contributed by atoms with Crippen LogP contribution in [0.4, 0.5) is 0 Å². The molecule has 0 unspecified atom stereocenters. The Morgan fingerprint density at radius 1 is 1.04 bits per heavy atom. The number of aromatic nitrogens is 1. The van der Waals surface area contributed by atoms with Gasteiger partial charge >= 0.3 is 5.97 Å². The molecule has 124 valence electrons. The molecule has 0 fully saturated rings. The van der Waals surface area contributed by atoms with Gasteiger partial charge in [-0.1, -0.05) is 0 Å². The average molecular weight is 319 g/mol. The van der Waals surface area contributed by atoms with E-state index in [-0.39, 0.29) is 5.97 Å². The van der Waals surface area contributed by atoms with E-state index in [1.807, 2.05) is 29.0 Å². The second-order valence-corrected chi connectivity index (χ2v) is 4.86. The number of hydrogen-bond donors (Lipinski definition) is 0. The highest BCUT2D eigenvalue weighted by molar-refractivity contribution is 5.87. The first-order chi connectivity index (χ1) is 11.1. The molecule has 0 saturated heterocycles. The van der Waals surface area contributed by atoms with Gasteiger partial charge < -0.3 is 23.5 Å². The molecule has 0 radical (unpaired) electrons. The Hall–Kier alpha value is -2.63. The number of carbonyl (C=O) groups excluding carboxylic acids is 1. The summed E-state index contributed by atoms with van der Waals surface area (Å²) >= 11 is 0. The van der Waals surface area contributed by atoms with E-state index < -0.39 is 0 Å². The van der Waals surface area contributed by atoms with Crippen molar-refractivity contribution < 1.29 is 23.7 Å². The first-order valence-corrected chi connectivity index (χ1v) is 7.17. The Kier molecular flexibility index (Phi) is 5.51. The van der Waals surface area contributed by atoms with E-state index >= 15 is 0 Å². The third-order valence-electron chi connectivity index (χ3n) is 3.59. The number of methoxy groups -OCH3 is 4. The van der Waals surface area contributed by atoms with Crippen LogP contribution < -0.4 is 14.2 Å². The van der Waals surface area contributed by atoms with Gasteiger partial charge in [0.15, 0.2) is 11.5 Å². The predicted molar refractivity (Wildman–Crippen MR) is 85.6 cm³/mol. The van der Waals surface area contributed by atoms with Gasteiger partial charge in [-0.3, -0.25) is 0 Å². The van der Waals surface area contributed by atoms with Crippen molar-refractivity contribution in [2.45, 2.75) is 13.0 Å². The van der Waals surface area contributed by atoms with Crippen LogP contribution in [0.15, 0.2) is 30.5 Å². The lowest BCUT2D eigenvalue weighted by molar-refractivity contribution is 0.0588. The van der Waals surface area contributed by atoms with E-state index in [4.69, 9.17) is 18.9 Å². The quantitative estimate of drug-likeness (QED) is 0.734. The zero-order chi connectivity index (χ0) is 16.8. The van der Waals surface area contributed by atoms with Crippen molar-refractivity contribution in [1.82, 2.24) is 4.57 Å². The molecule has 0 aliphatic heterocycles. The molecule has 1 heterocycles. The van der Waals surface area contributed by atoms with E-state index in [0.29, 0.717) is 35.9 Å².